The first-order chi connectivity index (χ1) is 9.28. The number of hydrogen-bond acceptors (Lipinski definition) is 3. The van der Waals surface area contributed by atoms with Gasteiger partial charge < -0.3 is 15.2 Å². The fraction of sp³-hybridized carbons (Fsp3) is 0.625. The summed E-state index contributed by atoms with van der Waals surface area (Å²) < 4.78 is 5.59. The van der Waals surface area contributed by atoms with Crippen LogP contribution in [0.15, 0.2) is 24.3 Å². The van der Waals surface area contributed by atoms with Crippen molar-refractivity contribution in [2.75, 3.05) is 13.2 Å². The first-order valence-corrected chi connectivity index (χ1v) is 7.41. The molecule has 1 saturated carbocycles. The number of aliphatic hydroxyl groups is 1. The second-order valence-electron chi connectivity index (χ2n) is 5.35. The molecule has 3 heteroatoms. The Morgan fingerprint density at radius 3 is 2.58 bits per heavy atom. The van der Waals surface area contributed by atoms with Crippen LogP contribution in [0.5, 0.6) is 5.75 Å². The van der Waals surface area contributed by atoms with E-state index in [1.807, 2.05) is 12.1 Å². The number of hydrogen-bond donors (Lipinski definition) is 2. The van der Waals surface area contributed by atoms with Crippen molar-refractivity contribution in [3.8, 4) is 5.75 Å². The molecule has 1 fully saturated rings. The highest BCUT2D eigenvalue weighted by Crippen LogP contribution is 2.17. The summed E-state index contributed by atoms with van der Waals surface area (Å²) in [5.41, 5.74) is 1.30. The van der Waals surface area contributed by atoms with Gasteiger partial charge in [0.1, 0.15) is 18.5 Å². The Kier molecular flexibility index (Phi) is 5.67. The summed E-state index contributed by atoms with van der Waals surface area (Å²) in [6, 6.07) is 8.67. The molecule has 3 nitrogen and oxygen atoms in total. The van der Waals surface area contributed by atoms with Crippen molar-refractivity contribution in [2.45, 2.75) is 51.2 Å². The maximum atomic E-state index is 9.88. The van der Waals surface area contributed by atoms with Crippen molar-refractivity contribution in [2.24, 2.45) is 0 Å². The second kappa shape index (κ2) is 7.51. The van der Waals surface area contributed by atoms with E-state index in [4.69, 9.17) is 4.74 Å². The summed E-state index contributed by atoms with van der Waals surface area (Å²) in [6.07, 6.45) is 5.71. The van der Waals surface area contributed by atoms with E-state index in [-0.39, 0.29) is 0 Å². The molecule has 1 aliphatic carbocycles. The Bertz CT molecular complexity index is 358. The largest absolute Gasteiger partial charge is 0.491 e. The SMILES string of the molecule is CCc1ccc(OCC(O)CNC2CCCC2)cc1. The van der Waals surface area contributed by atoms with E-state index < -0.39 is 6.10 Å². The molecule has 0 radical (unpaired) electrons. The Balaban J connectivity index is 1.65. The third-order valence-electron chi connectivity index (χ3n) is 3.77. The standard InChI is InChI=1S/C16H25NO2/c1-2-13-7-9-16(10-8-13)19-12-15(18)11-17-14-5-3-4-6-14/h7-10,14-15,17-18H,2-6,11-12H2,1H3. The zero-order chi connectivity index (χ0) is 13.5. The summed E-state index contributed by atoms with van der Waals surface area (Å²) in [5.74, 6) is 0.831. The third-order valence-corrected chi connectivity index (χ3v) is 3.77. The average molecular weight is 263 g/mol. The number of ether oxygens (including phenoxy) is 1. The van der Waals surface area contributed by atoms with E-state index in [0.29, 0.717) is 19.2 Å². The average Bonchev–Trinajstić information content (AvgIpc) is 2.96. The summed E-state index contributed by atoms with van der Waals surface area (Å²) in [4.78, 5) is 0. The molecule has 0 amide bonds. The van der Waals surface area contributed by atoms with Gasteiger partial charge in [0.2, 0.25) is 0 Å². The van der Waals surface area contributed by atoms with Crippen LogP contribution < -0.4 is 10.1 Å². The number of aryl methyl sites for hydroxylation is 1. The second-order valence-corrected chi connectivity index (χ2v) is 5.35. The van der Waals surface area contributed by atoms with Gasteiger partial charge in [-0.3, -0.25) is 0 Å². The van der Waals surface area contributed by atoms with Crippen molar-refractivity contribution < 1.29 is 9.84 Å². The van der Waals surface area contributed by atoms with Crippen molar-refractivity contribution in [1.82, 2.24) is 5.32 Å². The minimum atomic E-state index is -0.438. The molecule has 1 atom stereocenters. The van der Waals surface area contributed by atoms with E-state index in [2.05, 4.69) is 24.4 Å². The van der Waals surface area contributed by atoms with Gasteiger partial charge >= 0.3 is 0 Å². The molecule has 1 aliphatic rings. The Labute approximate surface area is 116 Å². The van der Waals surface area contributed by atoms with Crippen LogP contribution in [0.3, 0.4) is 0 Å². The van der Waals surface area contributed by atoms with Crippen LogP contribution in [0.25, 0.3) is 0 Å². The molecule has 2 N–H and O–H groups in total. The zero-order valence-corrected chi connectivity index (χ0v) is 11.8. The maximum absolute atomic E-state index is 9.88. The lowest BCUT2D eigenvalue weighted by Gasteiger charge is -2.16. The lowest BCUT2D eigenvalue weighted by Crippen LogP contribution is -2.36. The van der Waals surface area contributed by atoms with Crippen LogP contribution >= 0.6 is 0 Å². The van der Waals surface area contributed by atoms with Crippen LogP contribution in [0.2, 0.25) is 0 Å². The van der Waals surface area contributed by atoms with Gasteiger partial charge in [0.15, 0.2) is 0 Å². The molecular formula is C16H25NO2. The first-order valence-electron chi connectivity index (χ1n) is 7.41. The Hall–Kier alpha value is -1.06. The van der Waals surface area contributed by atoms with E-state index in [1.165, 1.54) is 31.2 Å². The molecule has 1 aromatic carbocycles. The molecule has 19 heavy (non-hydrogen) atoms. The van der Waals surface area contributed by atoms with E-state index in [9.17, 15) is 5.11 Å². The molecule has 1 aromatic rings. The highest BCUT2D eigenvalue weighted by Gasteiger charge is 2.15. The summed E-state index contributed by atoms with van der Waals surface area (Å²) in [6.45, 7) is 3.11. The number of benzene rings is 1. The van der Waals surface area contributed by atoms with Gasteiger partial charge in [0.05, 0.1) is 0 Å². The van der Waals surface area contributed by atoms with Gasteiger partial charge in [-0.15, -0.1) is 0 Å². The van der Waals surface area contributed by atoms with Crippen molar-refractivity contribution in [3.63, 3.8) is 0 Å². The fourth-order valence-corrected chi connectivity index (χ4v) is 2.51. The van der Waals surface area contributed by atoms with Gasteiger partial charge in [-0.05, 0) is 37.0 Å². The molecule has 2 rings (SSSR count). The minimum Gasteiger partial charge on any atom is -0.491 e. The molecule has 0 spiro atoms. The van der Waals surface area contributed by atoms with E-state index >= 15 is 0 Å². The number of nitrogens with one attached hydrogen (secondary N) is 1. The quantitative estimate of drug-likeness (QED) is 0.794. The molecule has 1 unspecified atom stereocenters. The smallest absolute Gasteiger partial charge is 0.119 e. The van der Waals surface area contributed by atoms with Gasteiger partial charge in [-0.2, -0.15) is 0 Å². The van der Waals surface area contributed by atoms with E-state index in [1.54, 1.807) is 0 Å². The van der Waals surface area contributed by atoms with Crippen LogP contribution in [0.4, 0.5) is 0 Å². The predicted octanol–water partition coefficient (Wildman–Crippen LogP) is 2.52. The lowest BCUT2D eigenvalue weighted by atomic mass is 10.2. The zero-order valence-electron chi connectivity index (χ0n) is 11.8. The van der Waals surface area contributed by atoms with Gasteiger partial charge in [0, 0.05) is 12.6 Å². The fourth-order valence-electron chi connectivity index (χ4n) is 2.51. The Morgan fingerprint density at radius 1 is 1.26 bits per heavy atom. The number of aliphatic hydroxyl groups excluding tert-OH is 1. The molecular weight excluding hydrogens is 238 g/mol. The summed E-state index contributed by atoms with van der Waals surface area (Å²) in [5, 5.41) is 13.3. The maximum Gasteiger partial charge on any atom is 0.119 e. The first kappa shape index (κ1) is 14.4. The summed E-state index contributed by atoms with van der Waals surface area (Å²) >= 11 is 0. The van der Waals surface area contributed by atoms with Crippen LogP contribution in [0.1, 0.15) is 38.2 Å². The number of rotatable bonds is 7. The topological polar surface area (TPSA) is 41.5 Å². The van der Waals surface area contributed by atoms with E-state index in [0.717, 1.165) is 12.2 Å². The predicted molar refractivity (Wildman–Crippen MR) is 77.6 cm³/mol. The molecule has 0 aliphatic heterocycles. The molecule has 0 saturated heterocycles. The molecule has 0 bridgehead atoms. The van der Waals surface area contributed by atoms with Gasteiger partial charge in [0.25, 0.3) is 0 Å². The van der Waals surface area contributed by atoms with Gasteiger partial charge in [-0.25, -0.2) is 0 Å². The van der Waals surface area contributed by atoms with Crippen LogP contribution in [-0.4, -0.2) is 30.4 Å². The monoisotopic (exact) mass is 263 g/mol. The molecule has 0 aromatic heterocycles. The highest BCUT2D eigenvalue weighted by atomic mass is 16.5. The molecule has 0 heterocycles. The summed E-state index contributed by atoms with van der Waals surface area (Å²) in [7, 11) is 0. The van der Waals surface area contributed by atoms with Crippen molar-refractivity contribution in [3.05, 3.63) is 29.8 Å². The lowest BCUT2D eigenvalue weighted by molar-refractivity contribution is 0.104. The Morgan fingerprint density at radius 2 is 1.95 bits per heavy atom. The van der Waals surface area contributed by atoms with Crippen LogP contribution in [0, 0.1) is 0 Å². The third kappa shape index (κ3) is 4.84. The highest BCUT2D eigenvalue weighted by molar-refractivity contribution is 5.27. The van der Waals surface area contributed by atoms with Gasteiger partial charge in [-0.1, -0.05) is 31.9 Å². The minimum absolute atomic E-state index is 0.352. The van der Waals surface area contributed by atoms with Crippen molar-refractivity contribution >= 4 is 0 Å². The van der Waals surface area contributed by atoms with Crippen LogP contribution in [-0.2, 0) is 6.42 Å². The normalized spacial score (nSPS) is 17.6. The van der Waals surface area contributed by atoms with Crippen molar-refractivity contribution in [1.29, 1.82) is 0 Å². The molecule has 106 valence electrons.